The van der Waals surface area contributed by atoms with Crippen molar-refractivity contribution in [3.8, 4) is 39.5 Å². The molecule has 0 bridgehead atoms. The van der Waals surface area contributed by atoms with Gasteiger partial charge in [-0.1, -0.05) is 25.5 Å². The topological polar surface area (TPSA) is 66.2 Å². The van der Waals surface area contributed by atoms with Crippen molar-refractivity contribution in [3.05, 3.63) is 60.7 Å². The zero-order valence-corrected chi connectivity index (χ0v) is 24.6. The summed E-state index contributed by atoms with van der Waals surface area (Å²) in [6.07, 6.45) is 4.12. The standard InChI is InChI=1S/C33H38N2O4S/c1-5-6-15-39-32-21-29(34)33(22-7-10-24(40-4)11-8-22)28-20-30(35-13-16-38-17-14-35)26(19-27(28)32)25-12-9-23(36-2)18-31(25)37-3/h7-12,18-21H,5-6,13-17,34H2,1-4H3. The molecule has 210 valence electrons. The van der Waals surface area contributed by atoms with Gasteiger partial charge in [-0.15, -0.1) is 11.8 Å². The van der Waals surface area contributed by atoms with Crippen LogP contribution in [0.2, 0.25) is 0 Å². The highest BCUT2D eigenvalue weighted by atomic mass is 32.2. The fraction of sp³-hybridized carbons (Fsp3) is 0.333. The fourth-order valence-electron chi connectivity index (χ4n) is 5.27. The Morgan fingerprint density at radius 3 is 2.33 bits per heavy atom. The number of methoxy groups -OCH3 is 2. The van der Waals surface area contributed by atoms with Crippen molar-refractivity contribution in [1.29, 1.82) is 0 Å². The molecule has 4 aromatic carbocycles. The van der Waals surface area contributed by atoms with Crippen LogP contribution in [0.3, 0.4) is 0 Å². The molecule has 7 heteroatoms. The molecule has 5 rings (SSSR count). The maximum absolute atomic E-state index is 6.80. The van der Waals surface area contributed by atoms with Crippen LogP contribution in [0.1, 0.15) is 19.8 Å². The van der Waals surface area contributed by atoms with E-state index in [1.807, 2.05) is 18.2 Å². The largest absolute Gasteiger partial charge is 0.497 e. The lowest BCUT2D eigenvalue weighted by Crippen LogP contribution is -2.36. The Morgan fingerprint density at radius 2 is 1.65 bits per heavy atom. The second-order valence-corrected chi connectivity index (χ2v) is 10.7. The number of unbranched alkanes of at least 4 members (excludes halogenated alkanes) is 1. The highest BCUT2D eigenvalue weighted by Crippen LogP contribution is 2.47. The number of fused-ring (bicyclic) bond motifs is 1. The number of nitrogens with two attached hydrogens (primary N) is 1. The summed E-state index contributed by atoms with van der Waals surface area (Å²) in [5.74, 6) is 2.30. The molecule has 1 aliphatic heterocycles. The molecule has 2 N–H and O–H groups in total. The number of rotatable bonds is 10. The van der Waals surface area contributed by atoms with Crippen LogP contribution in [0.25, 0.3) is 33.0 Å². The summed E-state index contributed by atoms with van der Waals surface area (Å²) < 4.78 is 23.4. The first-order valence-electron chi connectivity index (χ1n) is 13.8. The van der Waals surface area contributed by atoms with E-state index in [2.05, 4.69) is 60.5 Å². The minimum absolute atomic E-state index is 0.638. The van der Waals surface area contributed by atoms with Gasteiger partial charge >= 0.3 is 0 Å². The molecule has 0 radical (unpaired) electrons. The quantitative estimate of drug-likeness (QED) is 0.123. The van der Waals surface area contributed by atoms with Gasteiger partial charge in [-0.25, -0.2) is 0 Å². The molecule has 1 heterocycles. The molecule has 6 nitrogen and oxygen atoms in total. The second kappa shape index (κ2) is 12.7. The van der Waals surface area contributed by atoms with E-state index in [0.717, 1.165) is 81.9 Å². The van der Waals surface area contributed by atoms with Gasteiger partial charge in [-0.05, 0) is 60.0 Å². The predicted octanol–water partition coefficient (Wildman–Crippen LogP) is 7.51. The van der Waals surface area contributed by atoms with Crippen LogP contribution in [0, 0.1) is 0 Å². The summed E-state index contributed by atoms with van der Waals surface area (Å²) in [5.41, 5.74) is 12.8. The van der Waals surface area contributed by atoms with E-state index in [4.69, 9.17) is 24.7 Å². The second-order valence-electron chi connectivity index (χ2n) is 9.85. The van der Waals surface area contributed by atoms with Crippen molar-refractivity contribution in [1.82, 2.24) is 0 Å². The Morgan fingerprint density at radius 1 is 0.875 bits per heavy atom. The van der Waals surface area contributed by atoms with E-state index in [1.54, 1.807) is 26.0 Å². The molecule has 40 heavy (non-hydrogen) atoms. The monoisotopic (exact) mass is 558 g/mol. The zero-order chi connectivity index (χ0) is 28.1. The third-order valence-electron chi connectivity index (χ3n) is 7.43. The fourth-order valence-corrected chi connectivity index (χ4v) is 5.68. The number of morpholine rings is 1. The number of hydrogen-bond acceptors (Lipinski definition) is 7. The summed E-state index contributed by atoms with van der Waals surface area (Å²) in [6, 6.07) is 21.1. The molecular weight excluding hydrogens is 520 g/mol. The Kier molecular flexibility index (Phi) is 8.92. The van der Waals surface area contributed by atoms with E-state index in [1.165, 1.54) is 4.90 Å². The van der Waals surface area contributed by atoms with E-state index in [-0.39, 0.29) is 0 Å². The van der Waals surface area contributed by atoms with Crippen LogP contribution >= 0.6 is 11.8 Å². The van der Waals surface area contributed by atoms with Gasteiger partial charge in [0, 0.05) is 63.6 Å². The van der Waals surface area contributed by atoms with Gasteiger partial charge in [-0.3, -0.25) is 0 Å². The van der Waals surface area contributed by atoms with Crippen LogP contribution < -0.4 is 24.8 Å². The van der Waals surface area contributed by atoms with Gasteiger partial charge in [0.15, 0.2) is 0 Å². The number of nitrogens with zero attached hydrogens (tertiary/aromatic N) is 1. The van der Waals surface area contributed by atoms with E-state index >= 15 is 0 Å². The number of hydrogen-bond donors (Lipinski definition) is 1. The Hall–Kier alpha value is -3.55. The molecular formula is C33H38N2O4S. The third kappa shape index (κ3) is 5.67. The van der Waals surface area contributed by atoms with Crippen molar-refractivity contribution in [3.63, 3.8) is 0 Å². The lowest BCUT2D eigenvalue weighted by Gasteiger charge is -2.32. The number of ether oxygens (including phenoxy) is 4. The van der Waals surface area contributed by atoms with Crippen molar-refractivity contribution < 1.29 is 18.9 Å². The normalized spacial score (nSPS) is 13.4. The van der Waals surface area contributed by atoms with E-state index in [9.17, 15) is 0 Å². The van der Waals surface area contributed by atoms with Crippen molar-refractivity contribution >= 4 is 33.9 Å². The summed E-state index contributed by atoms with van der Waals surface area (Å²) in [6.45, 7) is 5.78. The van der Waals surface area contributed by atoms with Gasteiger partial charge in [0.05, 0.1) is 34.0 Å². The number of benzene rings is 4. The maximum Gasteiger partial charge on any atom is 0.130 e. The number of anilines is 2. The van der Waals surface area contributed by atoms with Crippen molar-refractivity contribution in [2.24, 2.45) is 0 Å². The molecule has 1 saturated heterocycles. The van der Waals surface area contributed by atoms with Gasteiger partial charge < -0.3 is 29.6 Å². The van der Waals surface area contributed by atoms with Gasteiger partial charge in [0.25, 0.3) is 0 Å². The minimum atomic E-state index is 0.638. The molecule has 0 aromatic heterocycles. The zero-order valence-electron chi connectivity index (χ0n) is 23.8. The predicted molar refractivity (Wildman–Crippen MR) is 168 cm³/mol. The van der Waals surface area contributed by atoms with Crippen molar-refractivity contribution in [2.45, 2.75) is 24.7 Å². The van der Waals surface area contributed by atoms with Crippen LogP contribution in [0.4, 0.5) is 11.4 Å². The highest BCUT2D eigenvalue weighted by Gasteiger charge is 2.23. The molecule has 0 spiro atoms. The first kappa shape index (κ1) is 28.0. The summed E-state index contributed by atoms with van der Waals surface area (Å²) in [4.78, 5) is 3.61. The average Bonchev–Trinajstić information content (AvgIpc) is 3.01. The summed E-state index contributed by atoms with van der Waals surface area (Å²) in [5, 5.41) is 2.10. The summed E-state index contributed by atoms with van der Waals surface area (Å²) in [7, 11) is 3.37. The molecule has 0 amide bonds. The van der Waals surface area contributed by atoms with Crippen LogP contribution in [0.15, 0.2) is 65.6 Å². The Bertz CT molecular complexity index is 1470. The molecule has 0 unspecified atom stereocenters. The van der Waals surface area contributed by atoms with Gasteiger partial charge in [0.2, 0.25) is 0 Å². The number of nitrogen functional groups attached to an aromatic ring is 1. The maximum atomic E-state index is 6.80. The van der Waals surface area contributed by atoms with E-state index in [0.29, 0.717) is 25.5 Å². The SMILES string of the molecule is CCCCOc1cc(N)c(-c2ccc(SC)cc2)c2cc(N3CCOCC3)c(-c3ccc(OC)cc3OC)cc12. The van der Waals surface area contributed by atoms with Gasteiger partial charge in [-0.2, -0.15) is 0 Å². The molecule has 0 saturated carbocycles. The first-order chi connectivity index (χ1) is 19.6. The minimum Gasteiger partial charge on any atom is -0.497 e. The lowest BCUT2D eigenvalue weighted by atomic mass is 9.91. The van der Waals surface area contributed by atoms with Crippen molar-refractivity contribution in [2.75, 3.05) is 64.0 Å². The Balaban J connectivity index is 1.80. The smallest absolute Gasteiger partial charge is 0.130 e. The average molecular weight is 559 g/mol. The molecule has 1 fully saturated rings. The third-order valence-corrected chi connectivity index (χ3v) is 8.17. The summed E-state index contributed by atoms with van der Waals surface area (Å²) >= 11 is 1.73. The highest BCUT2D eigenvalue weighted by molar-refractivity contribution is 7.98. The molecule has 4 aromatic rings. The van der Waals surface area contributed by atoms with Gasteiger partial charge in [0.1, 0.15) is 17.2 Å². The first-order valence-corrected chi connectivity index (χ1v) is 15.0. The lowest BCUT2D eigenvalue weighted by molar-refractivity contribution is 0.123. The van der Waals surface area contributed by atoms with Crippen LogP contribution in [-0.4, -0.2) is 53.4 Å². The number of thioether (sulfide) groups is 1. The molecule has 1 aliphatic rings. The van der Waals surface area contributed by atoms with Crippen LogP contribution in [0.5, 0.6) is 17.2 Å². The Labute approximate surface area is 241 Å². The molecule has 0 atom stereocenters. The van der Waals surface area contributed by atoms with E-state index < -0.39 is 0 Å². The molecule has 0 aliphatic carbocycles. The van der Waals surface area contributed by atoms with Crippen LogP contribution in [-0.2, 0) is 4.74 Å².